The summed E-state index contributed by atoms with van der Waals surface area (Å²) in [5, 5.41) is 15.3. The number of carbonyl (C=O) groups excluding carboxylic acids is 1. The molecule has 0 atom stereocenters. The summed E-state index contributed by atoms with van der Waals surface area (Å²) in [7, 11) is 0. The predicted molar refractivity (Wildman–Crippen MR) is 107 cm³/mol. The molecule has 3 aromatic rings. The highest BCUT2D eigenvalue weighted by molar-refractivity contribution is 5.89. The molecule has 2 N–H and O–H groups in total. The number of esters is 1. The van der Waals surface area contributed by atoms with Gasteiger partial charge in [-0.05, 0) is 56.3 Å². The van der Waals surface area contributed by atoms with Gasteiger partial charge in [-0.15, -0.1) is 0 Å². The maximum Gasteiger partial charge on any atom is 0.338 e. The number of aryl methyl sites for hydroxylation is 1. The topological polar surface area (TPSA) is 99.9 Å². The van der Waals surface area contributed by atoms with Gasteiger partial charge in [0.05, 0.1) is 23.8 Å². The van der Waals surface area contributed by atoms with Crippen LogP contribution < -0.4 is 10.6 Å². The van der Waals surface area contributed by atoms with Crippen LogP contribution in [0, 0.1) is 18.3 Å². The number of ether oxygens (including phenoxy) is 1. The van der Waals surface area contributed by atoms with E-state index in [1.807, 2.05) is 19.1 Å². The molecular weight excluding hydrogens is 354 g/mol. The highest BCUT2D eigenvalue weighted by atomic mass is 16.5. The lowest BCUT2D eigenvalue weighted by Gasteiger charge is -2.10. The maximum atomic E-state index is 11.7. The van der Waals surface area contributed by atoms with Gasteiger partial charge in [0.15, 0.2) is 0 Å². The highest BCUT2D eigenvalue weighted by Gasteiger charge is 2.07. The molecule has 28 heavy (non-hydrogen) atoms. The van der Waals surface area contributed by atoms with Crippen LogP contribution in [-0.2, 0) is 4.74 Å². The minimum Gasteiger partial charge on any atom is -0.462 e. The molecule has 0 aliphatic carbocycles. The van der Waals surface area contributed by atoms with Crippen LogP contribution in [0.1, 0.15) is 28.5 Å². The van der Waals surface area contributed by atoms with Crippen LogP contribution in [-0.4, -0.2) is 22.5 Å². The molecule has 0 saturated heterocycles. The van der Waals surface area contributed by atoms with Crippen LogP contribution in [0.3, 0.4) is 0 Å². The number of aromatic nitrogens is 2. The van der Waals surface area contributed by atoms with Gasteiger partial charge in [-0.3, -0.25) is 0 Å². The third-order valence-corrected chi connectivity index (χ3v) is 3.77. The van der Waals surface area contributed by atoms with Gasteiger partial charge in [-0.1, -0.05) is 6.07 Å². The molecule has 1 heterocycles. The van der Waals surface area contributed by atoms with Crippen LogP contribution >= 0.6 is 0 Å². The molecule has 7 nitrogen and oxygen atoms in total. The Morgan fingerprint density at radius 3 is 2.57 bits per heavy atom. The Bertz CT molecular complexity index is 1030. The molecule has 3 rings (SSSR count). The molecule has 0 aliphatic heterocycles. The van der Waals surface area contributed by atoms with E-state index in [2.05, 4.69) is 26.7 Å². The fourth-order valence-corrected chi connectivity index (χ4v) is 2.54. The lowest BCUT2D eigenvalue weighted by Crippen LogP contribution is -2.05. The van der Waals surface area contributed by atoms with Crippen molar-refractivity contribution in [3.05, 3.63) is 71.4 Å². The normalized spacial score (nSPS) is 10.0. The van der Waals surface area contributed by atoms with Crippen molar-refractivity contribution in [1.82, 2.24) is 9.97 Å². The van der Waals surface area contributed by atoms with Gasteiger partial charge in [-0.25, -0.2) is 9.78 Å². The summed E-state index contributed by atoms with van der Waals surface area (Å²) < 4.78 is 4.98. The molecule has 0 saturated carbocycles. The monoisotopic (exact) mass is 373 g/mol. The molecule has 2 aromatic carbocycles. The maximum absolute atomic E-state index is 11.7. The van der Waals surface area contributed by atoms with Gasteiger partial charge in [0.25, 0.3) is 0 Å². The standard InChI is InChI=1S/C21H19N5O2/c1-3-28-20(27)16-7-9-17(10-8-16)24-19-11-14(2)23-21(26-19)25-18-6-4-5-15(12-18)13-22/h4-12H,3H2,1-2H3,(H2,23,24,25,26). The molecule has 0 spiro atoms. The number of carbonyl (C=O) groups is 1. The Morgan fingerprint density at radius 2 is 1.86 bits per heavy atom. The lowest BCUT2D eigenvalue weighted by molar-refractivity contribution is 0.0526. The van der Waals surface area contributed by atoms with Crippen LogP contribution in [0.15, 0.2) is 54.6 Å². The molecule has 0 bridgehead atoms. The van der Waals surface area contributed by atoms with E-state index in [0.717, 1.165) is 17.1 Å². The molecule has 0 fully saturated rings. The van der Waals surface area contributed by atoms with Gasteiger partial charge >= 0.3 is 5.97 Å². The summed E-state index contributed by atoms with van der Waals surface area (Å²) in [6.45, 7) is 3.98. The third-order valence-electron chi connectivity index (χ3n) is 3.77. The Hall–Kier alpha value is -3.92. The Labute approximate surface area is 163 Å². The molecular formula is C21H19N5O2. The number of nitriles is 1. The van der Waals surface area contributed by atoms with E-state index in [1.54, 1.807) is 49.4 Å². The second-order valence-electron chi connectivity index (χ2n) is 5.96. The van der Waals surface area contributed by atoms with Crippen LogP contribution in [0.4, 0.5) is 23.1 Å². The summed E-state index contributed by atoms with van der Waals surface area (Å²) >= 11 is 0. The van der Waals surface area contributed by atoms with Crippen molar-refractivity contribution < 1.29 is 9.53 Å². The zero-order valence-electron chi connectivity index (χ0n) is 15.6. The molecule has 1 aromatic heterocycles. The van der Waals surface area contributed by atoms with Gasteiger partial charge in [0.1, 0.15) is 5.82 Å². The molecule has 140 valence electrons. The fraction of sp³-hybridized carbons (Fsp3) is 0.143. The van der Waals surface area contributed by atoms with Crippen LogP contribution in [0.2, 0.25) is 0 Å². The number of benzene rings is 2. The number of hydrogen-bond donors (Lipinski definition) is 2. The quantitative estimate of drug-likeness (QED) is 0.621. The van der Waals surface area contributed by atoms with E-state index in [0.29, 0.717) is 29.5 Å². The fourth-order valence-electron chi connectivity index (χ4n) is 2.54. The molecule has 0 radical (unpaired) electrons. The largest absolute Gasteiger partial charge is 0.462 e. The van der Waals surface area contributed by atoms with E-state index in [1.165, 1.54) is 0 Å². The second kappa shape index (κ2) is 8.64. The van der Waals surface area contributed by atoms with E-state index in [9.17, 15) is 4.79 Å². The van der Waals surface area contributed by atoms with Crippen molar-refractivity contribution in [3.8, 4) is 6.07 Å². The summed E-state index contributed by atoms with van der Waals surface area (Å²) in [4.78, 5) is 20.6. The zero-order chi connectivity index (χ0) is 19.9. The number of hydrogen-bond acceptors (Lipinski definition) is 7. The van der Waals surface area contributed by atoms with Gasteiger partial charge in [0.2, 0.25) is 5.95 Å². The Balaban J connectivity index is 1.76. The first-order chi connectivity index (χ1) is 13.6. The van der Waals surface area contributed by atoms with E-state index < -0.39 is 0 Å². The molecule has 0 amide bonds. The molecule has 7 heteroatoms. The number of nitrogens with zero attached hydrogens (tertiary/aromatic N) is 3. The smallest absolute Gasteiger partial charge is 0.338 e. The first kappa shape index (κ1) is 18.9. The SMILES string of the molecule is CCOC(=O)c1ccc(Nc2cc(C)nc(Nc3cccc(C#N)c3)n2)cc1. The number of rotatable bonds is 6. The van der Waals surface area contributed by atoms with E-state index in [4.69, 9.17) is 10.00 Å². The van der Waals surface area contributed by atoms with Crippen LogP contribution in [0.5, 0.6) is 0 Å². The van der Waals surface area contributed by atoms with Gasteiger partial charge in [0, 0.05) is 23.1 Å². The second-order valence-corrected chi connectivity index (χ2v) is 5.96. The Kier molecular flexibility index (Phi) is 5.82. The average Bonchev–Trinajstić information content (AvgIpc) is 2.68. The van der Waals surface area contributed by atoms with Crippen molar-refractivity contribution in [2.75, 3.05) is 17.2 Å². The van der Waals surface area contributed by atoms with Crippen molar-refractivity contribution in [2.45, 2.75) is 13.8 Å². The first-order valence-electron chi connectivity index (χ1n) is 8.74. The average molecular weight is 373 g/mol. The van der Waals surface area contributed by atoms with Crippen LogP contribution in [0.25, 0.3) is 0 Å². The summed E-state index contributed by atoms with van der Waals surface area (Å²) in [5.74, 6) is 0.675. The number of anilines is 4. The minimum atomic E-state index is -0.349. The highest BCUT2D eigenvalue weighted by Crippen LogP contribution is 2.20. The third kappa shape index (κ3) is 4.83. The predicted octanol–water partition coefficient (Wildman–Crippen LogP) is 4.32. The minimum absolute atomic E-state index is 0.339. The molecule has 0 unspecified atom stereocenters. The lowest BCUT2D eigenvalue weighted by atomic mass is 10.2. The van der Waals surface area contributed by atoms with Crippen molar-refractivity contribution in [3.63, 3.8) is 0 Å². The summed E-state index contributed by atoms with van der Waals surface area (Å²) in [5.41, 5.74) is 3.33. The summed E-state index contributed by atoms with van der Waals surface area (Å²) in [6, 6.07) is 18.0. The van der Waals surface area contributed by atoms with Crippen molar-refractivity contribution in [2.24, 2.45) is 0 Å². The summed E-state index contributed by atoms with van der Waals surface area (Å²) in [6.07, 6.45) is 0. The van der Waals surface area contributed by atoms with E-state index >= 15 is 0 Å². The molecule has 0 aliphatic rings. The Morgan fingerprint density at radius 1 is 1.07 bits per heavy atom. The first-order valence-corrected chi connectivity index (χ1v) is 8.74. The number of nitrogens with one attached hydrogen (secondary N) is 2. The van der Waals surface area contributed by atoms with Gasteiger partial charge in [-0.2, -0.15) is 10.2 Å². The van der Waals surface area contributed by atoms with Crippen molar-refractivity contribution >= 4 is 29.1 Å². The van der Waals surface area contributed by atoms with Crippen molar-refractivity contribution in [1.29, 1.82) is 5.26 Å². The zero-order valence-corrected chi connectivity index (χ0v) is 15.6. The van der Waals surface area contributed by atoms with E-state index in [-0.39, 0.29) is 5.97 Å². The van der Waals surface area contributed by atoms with Gasteiger partial charge < -0.3 is 15.4 Å².